The zero-order valence-electron chi connectivity index (χ0n) is 9.54. The Morgan fingerprint density at radius 2 is 2.07 bits per heavy atom. The highest BCUT2D eigenvalue weighted by Gasteiger charge is 2.25. The molecule has 86 valence electrons. The maximum absolute atomic E-state index is 11.9. The monoisotopic (exact) mass is 211 g/mol. The average molecular weight is 211 g/mol. The van der Waals surface area contributed by atoms with Crippen LogP contribution in [0.4, 0.5) is 0 Å². The van der Waals surface area contributed by atoms with E-state index in [9.17, 15) is 4.79 Å². The Kier molecular flexibility index (Phi) is 3.59. The van der Waals surface area contributed by atoms with Crippen LogP contribution in [0, 0.1) is 5.92 Å². The lowest BCUT2D eigenvalue weighted by Gasteiger charge is -2.28. The molecular formula is C11H21N3O. The number of likely N-dealkylation sites (tertiary alicyclic amines) is 1. The summed E-state index contributed by atoms with van der Waals surface area (Å²) in [6.45, 7) is 5.94. The number of carbonyl (C=O) groups is 1. The molecule has 0 radical (unpaired) electrons. The van der Waals surface area contributed by atoms with E-state index < -0.39 is 0 Å². The molecule has 0 aromatic carbocycles. The van der Waals surface area contributed by atoms with Gasteiger partial charge in [-0.3, -0.25) is 4.79 Å². The molecule has 2 fully saturated rings. The standard InChI is InChI=1S/C11H21N3O/c1-13-5-2-10(9-13)8-11(15)14-6-3-12-4-7-14/h10,12H,2-9H2,1H3. The Morgan fingerprint density at radius 1 is 1.33 bits per heavy atom. The highest BCUT2D eigenvalue weighted by molar-refractivity contribution is 5.76. The van der Waals surface area contributed by atoms with E-state index in [-0.39, 0.29) is 0 Å². The lowest BCUT2D eigenvalue weighted by molar-refractivity contribution is -0.132. The van der Waals surface area contributed by atoms with Gasteiger partial charge in [0.1, 0.15) is 0 Å². The van der Waals surface area contributed by atoms with Gasteiger partial charge in [0.2, 0.25) is 5.91 Å². The van der Waals surface area contributed by atoms with Gasteiger partial charge in [0.25, 0.3) is 0 Å². The fourth-order valence-electron chi connectivity index (χ4n) is 2.48. The minimum Gasteiger partial charge on any atom is -0.340 e. The maximum atomic E-state index is 11.9. The molecule has 1 atom stereocenters. The highest BCUT2D eigenvalue weighted by Crippen LogP contribution is 2.18. The molecule has 2 rings (SSSR count). The Labute approximate surface area is 91.6 Å². The van der Waals surface area contributed by atoms with Gasteiger partial charge in [-0.25, -0.2) is 0 Å². The zero-order valence-corrected chi connectivity index (χ0v) is 9.54. The summed E-state index contributed by atoms with van der Waals surface area (Å²) in [4.78, 5) is 16.3. The molecule has 2 aliphatic rings. The van der Waals surface area contributed by atoms with Gasteiger partial charge in [-0.1, -0.05) is 0 Å². The van der Waals surface area contributed by atoms with Gasteiger partial charge in [-0.2, -0.15) is 0 Å². The molecule has 0 aromatic heterocycles. The first-order valence-electron chi connectivity index (χ1n) is 5.93. The largest absolute Gasteiger partial charge is 0.340 e. The molecule has 0 aromatic rings. The number of piperazine rings is 1. The molecule has 2 heterocycles. The van der Waals surface area contributed by atoms with E-state index in [1.165, 1.54) is 6.42 Å². The van der Waals surface area contributed by atoms with Gasteiger partial charge in [-0.15, -0.1) is 0 Å². The van der Waals surface area contributed by atoms with E-state index in [1.54, 1.807) is 0 Å². The lowest BCUT2D eigenvalue weighted by atomic mass is 10.0. The molecule has 0 bridgehead atoms. The first kappa shape index (κ1) is 10.9. The van der Waals surface area contributed by atoms with Crippen LogP contribution in [0.15, 0.2) is 0 Å². The molecule has 2 saturated heterocycles. The average Bonchev–Trinajstić information content (AvgIpc) is 2.65. The third-order valence-electron chi connectivity index (χ3n) is 3.42. The van der Waals surface area contributed by atoms with Crippen LogP contribution in [0.1, 0.15) is 12.8 Å². The van der Waals surface area contributed by atoms with Crippen molar-refractivity contribution >= 4 is 5.91 Å². The number of rotatable bonds is 2. The summed E-state index contributed by atoms with van der Waals surface area (Å²) >= 11 is 0. The topological polar surface area (TPSA) is 35.6 Å². The van der Waals surface area contributed by atoms with Crippen LogP contribution < -0.4 is 5.32 Å². The molecule has 1 N–H and O–H groups in total. The van der Waals surface area contributed by atoms with Crippen molar-refractivity contribution in [1.29, 1.82) is 0 Å². The quantitative estimate of drug-likeness (QED) is 0.685. The fraction of sp³-hybridized carbons (Fsp3) is 0.909. The lowest BCUT2D eigenvalue weighted by Crippen LogP contribution is -2.46. The molecule has 0 spiro atoms. The normalized spacial score (nSPS) is 28.3. The van der Waals surface area contributed by atoms with Crippen molar-refractivity contribution in [3.63, 3.8) is 0 Å². The van der Waals surface area contributed by atoms with Gasteiger partial charge in [0.15, 0.2) is 0 Å². The minimum absolute atomic E-state index is 0.358. The SMILES string of the molecule is CN1CCC(CC(=O)N2CCNCC2)C1. The van der Waals surface area contributed by atoms with E-state index in [0.29, 0.717) is 11.8 Å². The van der Waals surface area contributed by atoms with E-state index >= 15 is 0 Å². The summed E-state index contributed by atoms with van der Waals surface area (Å²) in [7, 11) is 2.13. The first-order chi connectivity index (χ1) is 7.25. The highest BCUT2D eigenvalue weighted by atomic mass is 16.2. The second-order valence-corrected chi connectivity index (χ2v) is 4.75. The van der Waals surface area contributed by atoms with Crippen LogP contribution in [0.2, 0.25) is 0 Å². The van der Waals surface area contributed by atoms with Crippen molar-refractivity contribution in [3.8, 4) is 0 Å². The summed E-state index contributed by atoms with van der Waals surface area (Å²) in [5.74, 6) is 0.953. The van der Waals surface area contributed by atoms with E-state index in [2.05, 4.69) is 17.3 Å². The zero-order chi connectivity index (χ0) is 10.7. The van der Waals surface area contributed by atoms with Gasteiger partial charge in [-0.05, 0) is 25.9 Å². The number of hydrogen-bond donors (Lipinski definition) is 1. The Balaban J connectivity index is 1.76. The smallest absolute Gasteiger partial charge is 0.222 e. The van der Waals surface area contributed by atoms with Crippen molar-refractivity contribution < 1.29 is 4.79 Å². The van der Waals surface area contributed by atoms with E-state index in [4.69, 9.17) is 0 Å². The molecule has 0 aliphatic carbocycles. The summed E-state index contributed by atoms with van der Waals surface area (Å²) in [6.07, 6.45) is 1.94. The third kappa shape index (κ3) is 2.92. The van der Waals surface area contributed by atoms with Crippen LogP contribution in [-0.2, 0) is 4.79 Å². The van der Waals surface area contributed by atoms with Gasteiger partial charge >= 0.3 is 0 Å². The van der Waals surface area contributed by atoms with Crippen LogP contribution >= 0.6 is 0 Å². The minimum atomic E-state index is 0.358. The molecule has 4 heteroatoms. The van der Waals surface area contributed by atoms with Crippen molar-refractivity contribution in [2.75, 3.05) is 46.3 Å². The van der Waals surface area contributed by atoms with Crippen LogP contribution in [0.25, 0.3) is 0 Å². The van der Waals surface area contributed by atoms with Crippen LogP contribution in [0.5, 0.6) is 0 Å². The third-order valence-corrected chi connectivity index (χ3v) is 3.42. The summed E-state index contributed by atoms with van der Waals surface area (Å²) < 4.78 is 0. The summed E-state index contributed by atoms with van der Waals surface area (Å²) in [5, 5.41) is 3.27. The second-order valence-electron chi connectivity index (χ2n) is 4.75. The molecule has 15 heavy (non-hydrogen) atoms. The van der Waals surface area contributed by atoms with Crippen LogP contribution in [0.3, 0.4) is 0 Å². The Morgan fingerprint density at radius 3 is 2.67 bits per heavy atom. The Bertz CT molecular complexity index is 226. The maximum Gasteiger partial charge on any atom is 0.222 e. The number of hydrogen-bond acceptors (Lipinski definition) is 3. The molecule has 4 nitrogen and oxygen atoms in total. The number of nitrogens with one attached hydrogen (secondary N) is 1. The second kappa shape index (κ2) is 4.94. The molecule has 1 unspecified atom stereocenters. The van der Waals surface area contributed by atoms with E-state index in [1.807, 2.05) is 4.90 Å². The predicted octanol–water partition coefficient (Wildman–Crippen LogP) is -0.240. The van der Waals surface area contributed by atoms with Gasteiger partial charge < -0.3 is 15.1 Å². The van der Waals surface area contributed by atoms with Crippen molar-refractivity contribution in [1.82, 2.24) is 15.1 Å². The number of nitrogens with zero attached hydrogens (tertiary/aromatic N) is 2. The summed E-state index contributed by atoms with van der Waals surface area (Å²) in [6, 6.07) is 0. The van der Waals surface area contributed by atoms with Crippen molar-refractivity contribution in [2.24, 2.45) is 5.92 Å². The molecule has 0 saturated carbocycles. The van der Waals surface area contributed by atoms with Crippen molar-refractivity contribution in [2.45, 2.75) is 12.8 Å². The van der Waals surface area contributed by atoms with Crippen molar-refractivity contribution in [3.05, 3.63) is 0 Å². The molecule has 1 amide bonds. The number of amides is 1. The predicted molar refractivity (Wildman–Crippen MR) is 59.7 cm³/mol. The fourth-order valence-corrected chi connectivity index (χ4v) is 2.48. The molecular weight excluding hydrogens is 190 g/mol. The summed E-state index contributed by atoms with van der Waals surface area (Å²) in [5.41, 5.74) is 0. The van der Waals surface area contributed by atoms with Crippen LogP contribution in [-0.4, -0.2) is 62.0 Å². The number of carbonyl (C=O) groups excluding carboxylic acids is 1. The Hall–Kier alpha value is -0.610. The van der Waals surface area contributed by atoms with Gasteiger partial charge in [0.05, 0.1) is 0 Å². The first-order valence-corrected chi connectivity index (χ1v) is 5.93. The molecule has 2 aliphatic heterocycles. The van der Waals surface area contributed by atoms with E-state index in [0.717, 1.165) is 45.7 Å². The van der Waals surface area contributed by atoms with Gasteiger partial charge in [0, 0.05) is 39.1 Å².